The third-order valence-corrected chi connectivity index (χ3v) is 7.44. The highest BCUT2D eigenvalue weighted by atomic mass is 35.5. The molecule has 1 aromatic rings. The van der Waals surface area contributed by atoms with Gasteiger partial charge in [-0.15, -0.1) is 12.4 Å². The van der Waals surface area contributed by atoms with Crippen LogP contribution in [0.25, 0.3) is 0 Å². The van der Waals surface area contributed by atoms with Crippen molar-refractivity contribution in [2.75, 3.05) is 26.2 Å². The minimum absolute atomic E-state index is 0. The zero-order valence-electron chi connectivity index (χ0n) is 16.6. The molecule has 0 aliphatic carbocycles. The average Bonchev–Trinajstić information content (AvgIpc) is 2.62. The molecule has 1 saturated heterocycles. The van der Waals surface area contributed by atoms with Gasteiger partial charge in [-0.3, -0.25) is 4.79 Å². The van der Waals surface area contributed by atoms with Gasteiger partial charge in [0.25, 0.3) is 5.91 Å². The summed E-state index contributed by atoms with van der Waals surface area (Å²) in [4.78, 5) is 15.0. The summed E-state index contributed by atoms with van der Waals surface area (Å²) in [5.74, 6) is 0.170. The highest BCUT2D eigenvalue weighted by molar-refractivity contribution is 7.89. The maximum Gasteiger partial charge on any atom is 0.253 e. The summed E-state index contributed by atoms with van der Waals surface area (Å²) in [7, 11) is -3.60. The van der Waals surface area contributed by atoms with Crippen molar-refractivity contribution in [1.29, 1.82) is 0 Å². The van der Waals surface area contributed by atoms with Gasteiger partial charge >= 0.3 is 0 Å². The summed E-state index contributed by atoms with van der Waals surface area (Å²) in [6, 6.07) is 5.01. The molecule has 6 nitrogen and oxygen atoms in total. The van der Waals surface area contributed by atoms with Gasteiger partial charge < -0.3 is 10.6 Å². The van der Waals surface area contributed by atoms with E-state index in [1.54, 1.807) is 24.0 Å². The molecule has 0 spiro atoms. The van der Waals surface area contributed by atoms with E-state index in [1.807, 2.05) is 20.8 Å². The molecule has 2 atom stereocenters. The van der Waals surface area contributed by atoms with Gasteiger partial charge in [-0.05, 0) is 50.3 Å². The largest absolute Gasteiger partial charge is 0.338 e. The molecule has 0 aromatic heterocycles. The highest BCUT2D eigenvalue weighted by Gasteiger charge is 2.29. The number of aryl methyl sites for hydroxylation is 1. The van der Waals surface area contributed by atoms with E-state index in [9.17, 15) is 13.2 Å². The van der Waals surface area contributed by atoms with Crippen molar-refractivity contribution in [2.45, 2.75) is 51.5 Å². The maximum absolute atomic E-state index is 12.9. The van der Waals surface area contributed by atoms with Gasteiger partial charge in [-0.25, -0.2) is 8.42 Å². The van der Waals surface area contributed by atoms with Crippen LogP contribution in [0.5, 0.6) is 0 Å². The molecular weight excluding hydrogens is 386 g/mol. The number of rotatable bonds is 6. The number of benzene rings is 1. The fourth-order valence-corrected chi connectivity index (χ4v) is 5.23. The zero-order valence-corrected chi connectivity index (χ0v) is 18.3. The Morgan fingerprint density at radius 1 is 1.33 bits per heavy atom. The predicted octanol–water partition coefficient (Wildman–Crippen LogP) is 2.65. The number of halogens is 1. The van der Waals surface area contributed by atoms with Gasteiger partial charge in [0, 0.05) is 37.8 Å². The van der Waals surface area contributed by atoms with E-state index in [2.05, 4.69) is 0 Å². The van der Waals surface area contributed by atoms with Crippen LogP contribution in [0.2, 0.25) is 0 Å². The summed E-state index contributed by atoms with van der Waals surface area (Å²) in [5.41, 5.74) is 7.09. The summed E-state index contributed by atoms with van der Waals surface area (Å²) < 4.78 is 27.2. The zero-order chi connectivity index (χ0) is 19.5. The van der Waals surface area contributed by atoms with Crippen LogP contribution in [-0.4, -0.2) is 55.8 Å². The van der Waals surface area contributed by atoms with Crippen LogP contribution >= 0.6 is 12.4 Å². The standard InChI is InChI=1S/C19H31N3O3S.ClH/c1-5-22(6-2)26(24,25)18-12-16(10-9-14(18)3)19(23)21-11-7-8-17(13-21)15(4)20;/h9-10,12,15,17H,5-8,11,13,20H2,1-4H3;1H. The first-order valence-corrected chi connectivity index (χ1v) is 10.8. The van der Waals surface area contributed by atoms with Gasteiger partial charge in [-0.1, -0.05) is 19.9 Å². The minimum atomic E-state index is -3.60. The van der Waals surface area contributed by atoms with E-state index < -0.39 is 10.0 Å². The van der Waals surface area contributed by atoms with Gasteiger partial charge in [0.2, 0.25) is 10.0 Å². The van der Waals surface area contributed by atoms with Gasteiger partial charge in [0.15, 0.2) is 0 Å². The molecule has 2 N–H and O–H groups in total. The molecule has 2 unspecified atom stereocenters. The average molecular weight is 418 g/mol. The van der Waals surface area contributed by atoms with Crippen molar-refractivity contribution in [2.24, 2.45) is 11.7 Å². The van der Waals surface area contributed by atoms with Gasteiger partial charge in [-0.2, -0.15) is 4.31 Å². The Kier molecular flexibility index (Phi) is 8.73. The predicted molar refractivity (Wildman–Crippen MR) is 111 cm³/mol. The molecule has 0 bridgehead atoms. The van der Waals surface area contributed by atoms with Crippen molar-refractivity contribution in [3.8, 4) is 0 Å². The summed E-state index contributed by atoms with van der Waals surface area (Å²) in [5, 5.41) is 0. The van der Waals surface area contributed by atoms with E-state index in [1.165, 1.54) is 10.4 Å². The molecule has 2 rings (SSSR count). The molecule has 1 aliphatic heterocycles. The van der Waals surface area contributed by atoms with E-state index in [4.69, 9.17) is 5.73 Å². The summed E-state index contributed by atoms with van der Waals surface area (Å²) >= 11 is 0. The number of amides is 1. The van der Waals surface area contributed by atoms with Crippen LogP contribution in [0.4, 0.5) is 0 Å². The molecule has 1 fully saturated rings. The summed E-state index contributed by atoms with van der Waals surface area (Å²) in [6.07, 6.45) is 1.95. The van der Waals surface area contributed by atoms with E-state index in [0.29, 0.717) is 37.3 Å². The van der Waals surface area contributed by atoms with Crippen LogP contribution in [0, 0.1) is 12.8 Å². The number of carbonyl (C=O) groups excluding carboxylic acids is 1. The summed E-state index contributed by atoms with van der Waals surface area (Å²) in [6.45, 7) is 9.48. The third kappa shape index (κ3) is 5.22. The lowest BCUT2D eigenvalue weighted by atomic mass is 9.92. The van der Waals surface area contributed by atoms with Crippen LogP contribution in [-0.2, 0) is 10.0 Å². The normalized spacial score (nSPS) is 18.9. The SMILES string of the molecule is CCN(CC)S(=O)(=O)c1cc(C(=O)N2CCCC(C(C)N)C2)ccc1C.Cl. The molecule has 0 radical (unpaired) electrons. The lowest BCUT2D eigenvalue weighted by molar-refractivity contribution is 0.0660. The van der Waals surface area contributed by atoms with Gasteiger partial charge in [0.05, 0.1) is 4.90 Å². The Hall–Kier alpha value is -1.15. The fourth-order valence-electron chi connectivity index (χ4n) is 3.52. The quantitative estimate of drug-likeness (QED) is 0.771. The van der Waals surface area contributed by atoms with Crippen molar-refractivity contribution >= 4 is 28.3 Å². The second-order valence-corrected chi connectivity index (χ2v) is 8.99. The molecule has 154 valence electrons. The number of nitrogens with zero attached hydrogens (tertiary/aromatic N) is 2. The van der Waals surface area contributed by atoms with Crippen LogP contribution in [0.15, 0.2) is 23.1 Å². The Bertz CT molecular complexity index is 749. The van der Waals surface area contributed by atoms with Crippen molar-refractivity contribution < 1.29 is 13.2 Å². The first kappa shape index (κ1) is 23.9. The molecule has 27 heavy (non-hydrogen) atoms. The van der Waals surface area contributed by atoms with Crippen LogP contribution in [0.3, 0.4) is 0 Å². The second kappa shape index (κ2) is 9.87. The molecular formula is C19H32ClN3O3S. The second-order valence-electron chi connectivity index (χ2n) is 7.08. The lowest BCUT2D eigenvalue weighted by Gasteiger charge is -2.34. The molecule has 1 aliphatic rings. The number of hydrogen-bond donors (Lipinski definition) is 1. The number of likely N-dealkylation sites (tertiary alicyclic amines) is 1. The Morgan fingerprint density at radius 3 is 2.52 bits per heavy atom. The minimum Gasteiger partial charge on any atom is -0.338 e. The van der Waals surface area contributed by atoms with Crippen LogP contribution in [0.1, 0.15) is 49.5 Å². The number of carbonyl (C=O) groups is 1. The number of sulfonamides is 1. The molecule has 1 aromatic carbocycles. The monoisotopic (exact) mass is 417 g/mol. The van der Waals surface area contributed by atoms with Gasteiger partial charge in [0.1, 0.15) is 0 Å². The first-order valence-electron chi connectivity index (χ1n) is 9.38. The highest BCUT2D eigenvalue weighted by Crippen LogP contribution is 2.24. The molecule has 8 heteroatoms. The molecule has 0 saturated carbocycles. The van der Waals surface area contributed by atoms with E-state index in [-0.39, 0.29) is 35.2 Å². The van der Waals surface area contributed by atoms with Crippen LogP contribution < -0.4 is 5.73 Å². The number of piperidine rings is 1. The number of hydrogen-bond acceptors (Lipinski definition) is 4. The topological polar surface area (TPSA) is 83.7 Å². The number of nitrogens with two attached hydrogens (primary N) is 1. The van der Waals surface area contributed by atoms with E-state index in [0.717, 1.165) is 12.8 Å². The maximum atomic E-state index is 12.9. The molecule has 1 amide bonds. The lowest BCUT2D eigenvalue weighted by Crippen LogP contribution is -2.45. The molecule has 1 heterocycles. The van der Waals surface area contributed by atoms with Crippen molar-refractivity contribution in [1.82, 2.24) is 9.21 Å². The van der Waals surface area contributed by atoms with E-state index >= 15 is 0 Å². The Morgan fingerprint density at radius 2 is 1.96 bits per heavy atom. The Balaban J connectivity index is 0.00000364. The Labute approximate surface area is 169 Å². The first-order chi connectivity index (χ1) is 12.2. The fraction of sp³-hybridized carbons (Fsp3) is 0.632. The van der Waals surface area contributed by atoms with Crippen molar-refractivity contribution in [3.63, 3.8) is 0 Å². The third-order valence-electron chi connectivity index (χ3n) is 5.25. The van der Waals surface area contributed by atoms with Crippen molar-refractivity contribution in [3.05, 3.63) is 29.3 Å². The smallest absolute Gasteiger partial charge is 0.253 e.